The molecular formula is C9H11ClFN3. The molecule has 2 rings (SSSR count). The van der Waals surface area contributed by atoms with Crippen molar-refractivity contribution in [2.24, 2.45) is 0 Å². The first-order chi connectivity index (χ1) is 6.75. The Balaban J connectivity index is 2.10. The van der Waals surface area contributed by atoms with Crippen LogP contribution in [0, 0.1) is 0 Å². The highest BCUT2D eigenvalue weighted by molar-refractivity contribution is 6.30. The Morgan fingerprint density at radius 2 is 2.14 bits per heavy atom. The predicted molar refractivity (Wildman–Crippen MR) is 53.4 cm³/mol. The lowest BCUT2D eigenvalue weighted by molar-refractivity contribution is 0.285. The second-order valence-electron chi connectivity index (χ2n) is 3.39. The molecule has 5 heteroatoms. The monoisotopic (exact) mass is 215 g/mol. The van der Waals surface area contributed by atoms with E-state index in [-0.39, 0.29) is 0 Å². The van der Waals surface area contributed by atoms with Gasteiger partial charge in [-0.3, -0.25) is 0 Å². The Kier molecular flexibility index (Phi) is 2.82. The number of hydrogen-bond donors (Lipinski definition) is 0. The van der Waals surface area contributed by atoms with Gasteiger partial charge in [0.2, 0.25) is 5.95 Å². The van der Waals surface area contributed by atoms with Crippen LogP contribution in [0.4, 0.5) is 10.3 Å². The second-order valence-corrected chi connectivity index (χ2v) is 3.82. The average Bonchev–Trinajstić information content (AvgIpc) is 2.19. The van der Waals surface area contributed by atoms with Gasteiger partial charge in [0.1, 0.15) is 6.17 Å². The quantitative estimate of drug-likeness (QED) is 0.718. The summed E-state index contributed by atoms with van der Waals surface area (Å²) in [6.07, 6.45) is 3.80. The topological polar surface area (TPSA) is 29.0 Å². The molecule has 2 heterocycles. The zero-order valence-electron chi connectivity index (χ0n) is 7.66. The Morgan fingerprint density at radius 3 is 2.79 bits per heavy atom. The summed E-state index contributed by atoms with van der Waals surface area (Å²) < 4.78 is 13.1. The molecule has 0 spiro atoms. The molecule has 1 saturated heterocycles. The first-order valence-corrected chi connectivity index (χ1v) is 5.00. The Hall–Kier alpha value is -0.900. The Bertz CT molecular complexity index is 303. The van der Waals surface area contributed by atoms with Crippen LogP contribution >= 0.6 is 11.6 Å². The van der Waals surface area contributed by atoms with Gasteiger partial charge in [0.05, 0.1) is 24.0 Å². The molecule has 1 aliphatic rings. The summed E-state index contributed by atoms with van der Waals surface area (Å²) in [5.41, 5.74) is 0. The molecule has 1 aromatic heterocycles. The smallest absolute Gasteiger partial charge is 0.225 e. The van der Waals surface area contributed by atoms with Crippen molar-refractivity contribution in [3.63, 3.8) is 0 Å². The van der Waals surface area contributed by atoms with E-state index in [1.807, 2.05) is 4.90 Å². The molecule has 1 aliphatic heterocycles. The number of anilines is 1. The first kappa shape index (κ1) is 9.65. The summed E-state index contributed by atoms with van der Waals surface area (Å²) in [5, 5.41) is 0.502. The highest BCUT2D eigenvalue weighted by atomic mass is 35.5. The molecule has 1 atom stereocenters. The summed E-state index contributed by atoms with van der Waals surface area (Å²) in [5.74, 6) is 0.566. The molecule has 1 aromatic rings. The number of piperidine rings is 1. The molecule has 0 aliphatic carbocycles. The highest BCUT2D eigenvalue weighted by Crippen LogP contribution is 2.18. The summed E-state index contributed by atoms with van der Waals surface area (Å²) >= 11 is 5.66. The lowest BCUT2D eigenvalue weighted by atomic mass is 10.1. The Morgan fingerprint density at radius 1 is 1.43 bits per heavy atom. The van der Waals surface area contributed by atoms with Gasteiger partial charge >= 0.3 is 0 Å². The van der Waals surface area contributed by atoms with E-state index in [0.717, 1.165) is 13.0 Å². The SMILES string of the molecule is F[C@@H]1CCCN(c2ncc(Cl)cn2)C1. The molecule has 3 nitrogen and oxygen atoms in total. The fourth-order valence-corrected chi connectivity index (χ4v) is 1.67. The highest BCUT2D eigenvalue weighted by Gasteiger charge is 2.20. The van der Waals surface area contributed by atoms with Gasteiger partial charge in [-0.25, -0.2) is 14.4 Å². The number of rotatable bonds is 1. The van der Waals surface area contributed by atoms with Crippen LogP contribution in [-0.4, -0.2) is 29.2 Å². The molecule has 0 unspecified atom stereocenters. The van der Waals surface area contributed by atoms with Gasteiger partial charge in [-0.15, -0.1) is 0 Å². The lowest BCUT2D eigenvalue weighted by Gasteiger charge is -2.28. The minimum atomic E-state index is -0.761. The summed E-state index contributed by atoms with van der Waals surface area (Å²) in [4.78, 5) is 9.96. The molecule has 0 radical (unpaired) electrons. The van der Waals surface area contributed by atoms with E-state index in [4.69, 9.17) is 11.6 Å². The number of hydrogen-bond acceptors (Lipinski definition) is 3. The van der Waals surface area contributed by atoms with E-state index in [0.29, 0.717) is 23.9 Å². The zero-order valence-corrected chi connectivity index (χ0v) is 8.41. The third kappa shape index (κ3) is 2.12. The van der Waals surface area contributed by atoms with E-state index in [1.165, 1.54) is 12.4 Å². The van der Waals surface area contributed by atoms with Crippen molar-refractivity contribution in [3.05, 3.63) is 17.4 Å². The van der Waals surface area contributed by atoms with Crippen molar-refractivity contribution in [1.29, 1.82) is 0 Å². The van der Waals surface area contributed by atoms with Crippen molar-refractivity contribution in [2.45, 2.75) is 19.0 Å². The molecule has 0 amide bonds. The maximum absolute atomic E-state index is 13.1. The summed E-state index contributed by atoms with van der Waals surface area (Å²) in [6.45, 7) is 1.21. The minimum Gasteiger partial charge on any atom is -0.338 e. The van der Waals surface area contributed by atoms with Crippen molar-refractivity contribution in [3.8, 4) is 0 Å². The molecule has 0 N–H and O–H groups in total. The second kappa shape index (κ2) is 4.09. The maximum atomic E-state index is 13.1. The van der Waals surface area contributed by atoms with Gasteiger partial charge in [-0.1, -0.05) is 11.6 Å². The van der Waals surface area contributed by atoms with Gasteiger partial charge < -0.3 is 4.90 Å². The fourth-order valence-electron chi connectivity index (χ4n) is 1.58. The van der Waals surface area contributed by atoms with Crippen LogP contribution < -0.4 is 4.90 Å². The lowest BCUT2D eigenvalue weighted by Crippen LogP contribution is -2.37. The minimum absolute atomic E-state index is 0.391. The number of nitrogens with zero attached hydrogens (tertiary/aromatic N) is 3. The van der Waals surface area contributed by atoms with Crippen LogP contribution in [0.25, 0.3) is 0 Å². The molecular weight excluding hydrogens is 205 g/mol. The number of aromatic nitrogens is 2. The van der Waals surface area contributed by atoms with Crippen molar-refractivity contribution < 1.29 is 4.39 Å². The zero-order chi connectivity index (χ0) is 9.97. The van der Waals surface area contributed by atoms with Crippen LogP contribution in [0.15, 0.2) is 12.4 Å². The van der Waals surface area contributed by atoms with Gasteiger partial charge in [0.25, 0.3) is 0 Å². The summed E-state index contributed by atoms with van der Waals surface area (Å²) in [6, 6.07) is 0. The first-order valence-electron chi connectivity index (χ1n) is 4.62. The van der Waals surface area contributed by atoms with Crippen LogP contribution in [0.3, 0.4) is 0 Å². The van der Waals surface area contributed by atoms with Gasteiger partial charge in [0, 0.05) is 6.54 Å². The van der Waals surface area contributed by atoms with Crippen LogP contribution in [-0.2, 0) is 0 Å². The molecule has 0 saturated carbocycles. The van der Waals surface area contributed by atoms with E-state index in [9.17, 15) is 4.39 Å². The van der Waals surface area contributed by atoms with Crippen molar-refractivity contribution >= 4 is 17.5 Å². The normalized spacial score (nSPS) is 22.4. The van der Waals surface area contributed by atoms with E-state index in [2.05, 4.69) is 9.97 Å². The number of alkyl halides is 1. The maximum Gasteiger partial charge on any atom is 0.225 e. The van der Waals surface area contributed by atoms with Gasteiger partial charge in [0.15, 0.2) is 0 Å². The molecule has 1 fully saturated rings. The molecule has 0 bridgehead atoms. The summed E-state index contributed by atoms with van der Waals surface area (Å²) in [7, 11) is 0. The average molecular weight is 216 g/mol. The predicted octanol–water partition coefficient (Wildman–Crippen LogP) is 2.07. The third-order valence-electron chi connectivity index (χ3n) is 2.25. The molecule has 0 aromatic carbocycles. The van der Waals surface area contributed by atoms with Gasteiger partial charge in [-0.2, -0.15) is 0 Å². The largest absolute Gasteiger partial charge is 0.338 e. The molecule has 14 heavy (non-hydrogen) atoms. The van der Waals surface area contributed by atoms with E-state index in [1.54, 1.807) is 0 Å². The van der Waals surface area contributed by atoms with Crippen molar-refractivity contribution in [1.82, 2.24) is 9.97 Å². The van der Waals surface area contributed by atoms with Gasteiger partial charge in [-0.05, 0) is 12.8 Å². The Labute approximate surface area is 86.9 Å². The van der Waals surface area contributed by atoms with E-state index >= 15 is 0 Å². The van der Waals surface area contributed by atoms with Crippen molar-refractivity contribution in [2.75, 3.05) is 18.0 Å². The van der Waals surface area contributed by atoms with Crippen LogP contribution in [0.1, 0.15) is 12.8 Å². The molecule has 76 valence electrons. The van der Waals surface area contributed by atoms with E-state index < -0.39 is 6.17 Å². The van der Waals surface area contributed by atoms with Crippen LogP contribution in [0.2, 0.25) is 5.02 Å². The number of halogens is 2. The van der Waals surface area contributed by atoms with Crippen LogP contribution in [0.5, 0.6) is 0 Å². The fraction of sp³-hybridized carbons (Fsp3) is 0.556. The standard InChI is InChI=1S/C9H11ClFN3/c10-7-4-12-9(13-5-7)14-3-1-2-8(11)6-14/h4-5,8H,1-3,6H2/t8-/m1/s1. The third-order valence-corrected chi connectivity index (χ3v) is 2.45.